The van der Waals surface area contributed by atoms with E-state index in [2.05, 4.69) is 4.98 Å². The molecular weight excluding hydrogens is 289 g/mol. The molecule has 0 saturated heterocycles. The minimum Gasteiger partial charge on any atom is -0.481 e. The summed E-state index contributed by atoms with van der Waals surface area (Å²) in [6, 6.07) is 3.27. The number of nitrogens with one attached hydrogen (secondary N) is 1. The van der Waals surface area contributed by atoms with Gasteiger partial charge in [0.1, 0.15) is 0 Å². The van der Waals surface area contributed by atoms with Crippen molar-refractivity contribution in [1.82, 2.24) is 4.98 Å². The lowest BCUT2D eigenvalue weighted by Crippen LogP contribution is -2.01. The highest BCUT2D eigenvalue weighted by Gasteiger charge is 2.15. The molecule has 1 heterocycles. The molecule has 0 aliphatic heterocycles. The highest BCUT2D eigenvalue weighted by atomic mass is 35.5. The minimum absolute atomic E-state index is 0.0202. The summed E-state index contributed by atoms with van der Waals surface area (Å²) in [5.41, 5.74) is 1.17. The van der Waals surface area contributed by atoms with Gasteiger partial charge in [-0.25, -0.2) is 0 Å². The van der Waals surface area contributed by atoms with Gasteiger partial charge in [0.25, 0.3) is 0 Å². The molecule has 6 heteroatoms. The normalized spacial score (nSPS) is 10.8. The number of fused-ring (bicyclic) bond motifs is 1. The topological polar surface area (TPSA) is 70.2 Å². The van der Waals surface area contributed by atoms with Crippen LogP contribution in [0, 0.1) is 0 Å². The van der Waals surface area contributed by atoms with Gasteiger partial charge in [0.2, 0.25) is 0 Å². The van der Waals surface area contributed by atoms with Crippen molar-refractivity contribution >= 4 is 45.9 Å². The van der Waals surface area contributed by atoms with E-state index >= 15 is 0 Å². The van der Waals surface area contributed by atoms with E-state index in [1.165, 1.54) is 0 Å². The number of aromatic amines is 1. The summed E-state index contributed by atoms with van der Waals surface area (Å²) in [6.07, 6.45) is 2.05. The number of carboxylic acids is 1. The highest BCUT2D eigenvalue weighted by Crippen LogP contribution is 2.31. The third-order valence-electron chi connectivity index (χ3n) is 2.79. The number of aliphatic carboxylic acids is 1. The summed E-state index contributed by atoms with van der Waals surface area (Å²) >= 11 is 12.0. The molecule has 0 radical (unpaired) electrons. The Labute approximate surface area is 119 Å². The van der Waals surface area contributed by atoms with E-state index in [4.69, 9.17) is 28.3 Å². The third-order valence-corrected chi connectivity index (χ3v) is 3.31. The number of ketones is 1. The molecule has 0 aliphatic rings. The van der Waals surface area contributed by atoms with Crippen LogP contribution in [0.5, 0.6) is 0 Å². The van der Waals surface area contributed by atoms with Gasteiger partial charge in [-0.05, 0) is 18.6 Å². The standard InChI is InChI=1S/C13H11Cl2NO3/c14-7-4-9(15)13-8(6-16-10(13)5-7)11(17)2-1-3-12(18)19/h4-6,16H,1-3H2,(H,18,19). The van der Waals surface area contributed by atoms with E-state index in [9.17, 15) is 9.59 Å². The Hall–Kier alpha value is -1.52. The van der Waals surface area contributed by atoms with Gasteiger partial charge in [-0.1, -0.05) is 23.2 Å². The van der Waals surface area contributed by atoms with Crippen molar-refractivity contribution in [3.63, 3.8) is 0 Å². The fourth-order valence-corrected chi connectivity index (χ4v) is 2.53. The first-order valence-corrected chi connectivity index (χ1v) is 6.45. The number of halogens is 2. The molecule has 0 amide bonds. The van der Waals surface area contributed by atoms with E-state index in [1.54, 1.807) is 18.3 Å². The van der Waals surface area contributed by atoms with Crippen LogP contribution in [0.1, 0.15) is 29.6 Å². The lowest BCUT2D eigenvalue weighted by atomic mass is 10.0. The molecule has 0 fully saturated rings. The van der Waals surface area contributed by atoms with Crippen LogP contribution in [0.25, 0.3) is 10.9 Å². The van der Waals surface area contributed by atoms with E-state index in [0.29, 0.717) is 32.9 Å². The van der Waals surface area contributed by atoms with Gasteiger partial charge in [-0.15, -0.1) is 0 Å². The first-order chi connectivity index (χ1) is 8.99. The molecular formula is C13H11Cl2NO3. The van der Waals surface area contributed by atoms with Crippen molar-refractivity contribution < 1.29 is 14.7 Å². The zero-order valence-corrected chi connectivity index (χ0v) is 11.4. The van der Waals surface area contributed by atoms with Crippen molar-refractivity contribution in [2.24, 2.45) is 0 Å². The van der Waals surface area contributed by atoms with Crippen molar-refractivity contribution in [1.29, 1.82) is 0 Å². The van der Waals surface area contributed by atoms with Crippen LogP contribution >= 0.6 is 23.2 Å². The van der Waals surface area contributed by atoms with Crippen molar-refractivity contribution in [2.45, 2.75) is 19.3 Å². The summed E-state index contributed by atoms with van der Waals surface area (Å²) < 4.78 is 0. The Kier molecular flexibility index (Phi) is 4.12. The van der Waals surface area contributed by atoms with Gasteiger partial charge in [0.05, 0.1) is 5.02 Å². The second kappa shape index (κ2) is 5.63. The second-order valence-corrected chi connectivity index (χ2v) is 5.03. The van der Waals surface area contributed by atoms with E-state index in [0.717, 1.165) is 0 Å². The number of hydrogen-bond donors (Lipinski definition) is 2. The van der Waals surface area contributed by atoms with E-state index in [-0.39, 0.29) is 18.6 Å². The molecule has 1 aromatic carbocycles. The first-order valence-electron chi connectivity index (χ1n) is 5.70. The van der Waals surface area contributed by atoms with Gasteiger partial charge in [0, 0.05) is 40.5 Å². The molecule has 0 saturated carbocycles. The second-order valence-electron chi connectivity index (χ2n) is 4.18. The van der Waals surface area contributed by atoms with Crippen LogP contribution in [0.4, 0.5) is 0 Å². The number of rotatable bonds is 5. The Morgan fingerprint density at radius 1 is 1.21 bits per heavy atom. The predicted octanol–water partition coefficient (Wildman–Crippen LogP) is 3.91. The summed E-state index contributed by atoms with van der Waals surface area (Å²) in [5.74, 6) is -1.03. The Bertz CT molecular complexity index is 649. The lowest BCUT2D eigenvalue weighted by molar-refractivity contribution is -0.137. The van der Waals surface area contributed by atoms with Crippen LogP contribution < -0.4 is 0 Å². The largest absolute Gasteiger partial charge is 0.481 e. The number of carboxylic acid groups (broad SMARTS) is 1. The van der Waals surface area contributed by atoms with Gasteiger partial charge in [-0.2, -0.15) is 0 Å². The molecule has 2 N–H and O–H groups in total. The number of carbonyl (C=O) groups excluding carboxylic acids is 1. The van der Waals surface area contributed by atoms with Gasteiger partial charge in [-0.3, -0.25) is 9.59 Å². The third kappa shape index (κ3) is 3.08. The number of benzene rings is 1. The highest BCUT2D eigenvalue weighted by molar-refractivity contribution is 6.39. The maximum atomic E-state index is 12.0. The molecule has 0 spiro atoms. The summed E-state index contributed by atoms with van der Waals surface area (Å²) in [5, 5.41) is 10.1. The summed E-state index contributed by atoms with van der Waals surface area (Å²) in [6.45, 7) is 0. The van der Waals surface area contributed by atoms with Gasteiger partial charge >= 0.3 is 5.97 Å². The smallest absolute Gasteiger partial charge is 0.303 e. The molecule has 0 bridgehead atoms. The lowest BCUT2D eigenvalue weighted by Gasteiger charge is -2.01. The van der Waals surface area contributed by atoms with Gasteiger partial charge < -0.3 is 10.1 Å². The fraction of sp³-hybridized carbons (Fsp3) is 0.231. The number of H-pyrrole nitrogens is 1. The fourth-order valence-electron chi connectivity index (χ4n) is 1.94. The number of carbonyl (C=O) groups is 2. The van der Waals surface area contributed by atoms with Crippen LogP contribution in [0.15, 0.2) is 18.3 Å². The average molecular weight is 300 g/mol. The Balaban J connectivity index is 2.25. The molecule has 1 aromatic heterocycles. The molecule has 2 aromatic rings. The summed E-state index contributed by atoms with van der Waals surface area (Å²) in [4.78, 5) is 25.4. The van der Waals surface area contributed by atoms with E-state index < -0.39 is 5.97 Å². The van der Waals surface area contributed by atoms with Crippen molar-refractivity contribution in [2.75, 3.05) is 0 Å². The van der Waals surface area contributed by atoms with Crippen LogP contribution in [-0.4, -0.2) is 21.8 Å². The number of hydrogen-bond acceptors (Lipinski definition) is 2. The average Bonchev–Trinajstić information content (AvgIpc) is 2.72. The molecule has 2 rings (SSSR count). The monoisotopic (exact) mass is 299 g/mol. The van der Waals surface area contributed by atoms with E-state index in [1.807, 2.05) is 0 Å². The molecule has 100 valence electrons. The molecule has 19 heavy (non-hydrogen) atoms. The number of Topliss-reactive ketones (excluding diaryl/α,β-unsaturated/α-hetero) is 1. The zero-order valence-electron chi connectivity index (χ0n) is 9.87. The minimum atomic E-state index is -0.906. The Morgan fingerprint density at radius 3 is 2.63 bits per heavy atom. The van der Waals surface area contributed by atoms with Crippen molar-refractivity contribution in [3.8, 4) is 0 Å². The summed E-state index contributed by atoms with van der Waals surface area (Å²) in [7, 11) is 0. The maximum absolute atomic E-state index is 12.0. The van der Waals surface area contributed by atoms with Gasteiger partial charge in [0.15, 0.2) is 5.78 Å². The quantitative estimate of drug-likeness (QED) is 0.822. The molecule has 0 atom stereocenters. The molecule has 4 nitrogen and oxygen atoms in total. The van der Waals surface area contributed by atoms with Crippen LogP contribution in [0.2, 0.25) is 10.0 Å². The maximum Gasteiger partial charge on any atom is 0.303 e. The SMILES string of the molecule is O=C(O)CCCC(=O)c1c[nH]c2cc(Cl)cc(Cl)c12. The number of aromatic nitrogens is 1. The zero-order chi connectivity index (χ0) is 14.0. The Morgan fingerprint density at radius 2 is 1.95 bits per heavy atom. The first kappa shape index (κ1) is 13.9. The molecule has 0 unspecified atom stereocenters. The van der Waals surface area contributed by atoms with Crippen LogP contribution in [-0.2, 0) is 4.79 Å². The predicted molar refractivity (Wildman–Crippen MR) is 74.1 cm³/mol. The van der Waals surface area contributed by atoms with Crippen LogP contribution in [0.3, 0.4) is 0 Å². The molecule has 0 aliphatic carbocycles. The van der Waals surface area contributed by atoms with Crippen molar-refractivity contribution in [3.05, 3.63) is 33.9 Å².